The highest BCUT2D eigenvalue weighted by Gasteiger charge is 2.73. The Balaban J connectivity index is 4.78. The van der Waals surface area contributed by atoms with Gasteiger partial charge in [0.05, 0.1) is 0 Å². The van der Waals surface area contributed by atoms with E-state index in [4.69, 9.17) is 0 Å². The fourth-order valence-electron chi connectivity index (χ4n) is 0.494. The van der Waals surface area contributed by atoms with Gasteiger partial charge in [0.2, 0.25) is 6.29 Å². The Kier molecular flexibility index (Phi) is 3.90. The monoisotopic (exact) mass is 256 g/mol. The van der Waals surface area contributed by atoms with E-state index in [1.807, 2.05) is 0 Å². The number of carbonyl (C=O) groups excluding carboxylic acids is 2. The van der Waals surface area contributed by atoms with E-state index in [1.165, 1.54) is 0 Å². The van der Waals surface area contributed by atoms with Gasteiger partial charge in [0, 0.05) is 0 Å². The van der Waals surface area contributed by atoms with Crippen LogP contribution in [0.25, 0.3) is 0 Å². The van der Waals surface area contributed by atoms with Crippen molar-refractivity contribution in [2.24, 2.45) is 0 Å². The molecule has 94 valence electrons. The highest BCUT2D eigenvalue weighted by atomic mass is 19.4. The maximum atomic E-state index is 12.3. The lowest BCUT2D eigenvalue weighted by atomic mass is 10.2. The zero-order chi connectivity index (χ0) is 13.2. The van der Waals surface area contributed by atoms with Crippen molar-refractivity contribution in [2.75, 3.05) is 6.61 Å². The molecule has 0 unspecified atom stereocenters. The summed E-state index contributed by atoms with van der Waals surface area (Å²) in [5.41, 5.74) is 0. The minimum Gasteiger partial charge on any atom is -0.453 e. The van der Waals surface area contributed by atoms with Gasteiger partial charge in [-0.2, -0.15) is 30.7 Å². The van der Waals surface area contributed by atoms with E-state index in [1.54, 1.807) is 0 Å². The molecule has 0 fully saturated rings. The highest BCUT2D eigenvalue weighted by molar-refractivity contribution is 6.20. The Morgan fingerprint density at radius 1 is 1.06 bits per heavy atom. The van der Waals surface area contributed by atoms with Crippen molar-refractivity contribution in [3.63, 3.8) is 0 Å². The summed E-state index contributed by atoms with van der Waals surface area (Å²) in [7, 11) is 0. The summed E-state index contributed by atoms with van der Waals surface area (Å²) in [6.45, 7) is -2.54. The van der Waals surface area contributed by atoms with E-state index >= 15 is 0 Å². The first-order chi connectivity index (χ1) is 6.95. The number of ether oxygens (including phenoxy) is 1. The summed E-state index contributed by atoms with van der Waals surface area (Å²) in [4.78, 5) is 19.5. The molecule has 0 aromatic rings. The fourth-order valence-corrected chi connectivity index (χ4v) is 0.494. The second kappa shape index (κ2) is 4.26. The third-order valence-corrected chi connectivity index (χ3v) is 1.31. The lowest BCUT2D eigenvalue weighted by Crippen LogP contribution is -2.54. The predicted molar refractivity (Wildman–Crippen MR) is 33.0 cm³/mol. The Morgan fingerprint density at radius 3 is 1.81 bits per heavy atom. The number of esters is 1. The molecule has 0 heterocycles. The molecule has 16 heavy (non-hydrogen) atoms. The van der Waals surface area contributed by atoms with Crippen LogP contribution in [-0.2, 0) is 14.3 Å². The molecule has 3 nitrogen and oxygen atoms in total. The van der Waals surface area contributed by atoms with Crippen molar-refractivity contribution in [2.45, 2.75) is 18.0 Å². The van der Waals surface area contributed by atoms with Crippen molar-refractivity contribution < 1.29 is 45.1 Å². The molecular weight excluding hydrogens is 253 g/mol. The van der Waals surface area contributed by atoms with Gasteiger partial charge >= 0.3 is 24.0 Å². The lowest BCUT2D eigenvalue weighted by molar-refractivity contribution is -0.359. The largest absolute Gasteiger partial charge is 0.460 e. The Morgan fingerprint density at radius 2 is 1.50 bits per heavy atom. The molecule has 0 saturated carbocycles. The second-order valence-corrected chi connectivity index (χ2v) is 2.50. The summed E-state index contributed by atoms with van der Waals surface area (Å²) >= 11 is 0. The first kappa shape index (κ1) is 14.7. The van der Waals surface area contributed by atoms with Gasteiger partial charge in [-0.1, -0.05) is 0 Å². The molecule has 0 amide bonds. The van der Waals surface area contributed by atoms with E-state index in [2.05, 4.69) is 4.74 Å². The molecule has 0 aromatic heterocycles. The molecule has 0 atom stereocenters. The molecule has 0 spiro atoms. The number of hydrogen-bond donors (Lipinski definition) is 0. The molecule has 0 aliphatic carbocycles. The van der Waals surface area contributed by atoms with Crippen LogP contribution in [0, 0.1) is 0 Å². The topological polar surface area (TPSA) is 43.4 Å². The normalized spacial score (nSPS) is 13.4. The third kappa shape index (κ3) is 2.83. The van der Waals surface area contributed by atoms with E-state index in [0.29, 0.717) is 0 Å². The van der Waals surface area contributed by atoms with Gasteiger partial charge in [-0.05, 0) is 0 Å². The van der Waals surface area contributed by atoms with E-state index in [-0.39, 0.29) is 0 Å². The molecular formula is C6H3F7O3. The van der Waals surface area contributed by atoms with Crippen molar-refractivity contribution in [1.29, 1.82) is 0 Å². The molecule has 0 saturated heterocycles. The quantitative estimate of drug-likeness (QED) is 0.332. The molecule has 0 bridgehead atoms. The van der Waals surface area contributed by atoms with E-state index in [0.717, 1.165) is 0 Å². The van der Waals surface area contributed by atoms with Crippen molar-refractivity contribution in [3.8, 4) is 0 Å². The number of hydrogen-bond acceptors (Lipinski definition) is 3. The van der Waals surface area contributed by atoms with Crippen LogP contribution < -0.4 is 0 Å². The average Bonchev–Trinajstić information content (AvgIpc) is 2.12. The van der Waals surface area contributed by atoms with Crippen LogP contribution in [0.3, 0.4) is 0 Å². The van der Waals surface area contributed by atoms with Gasteiger partial charge in [-0.15, -0.1) is 0 Å². The minimum absolute atomic E-state index is 0.651. The van der Waals surface area contributed by atoms with Crippen molar-refractivity contribution in [1.82, 2.24) is 0 Å². The van der Waals surface area contributed by atoms with Gasteiger partial charge in [-0.25, -0.2) is 4.79 Å². The van der Waals surface area contributed by atoms with Crippen LogP contribution in [0.15, 0.2) is 0 Å². The first-order valence-corrected chi connectivity index (χ1v) is 3.40. The molecule has 0 rings (SSSR count). The van der Waals surface area contributed by atoms with Crippen molar-refractivity contribution >= 4 is 12.3 Å². The standard InChI is InChI=1S/C6H3F7O3/c7-4(8,2-16-3(15)1-14)5(9,10)6(11,12)13/h1H,2H2. The minimum atomic E-state index is -6.50. The predicted octanol–water partition coefficient (Wildman–Crippen LogP) is 1.56. The zero-order valence-electron chi connectivity index (χ0n) is 7.15. The van der Waals surface area contributed by atoms with Gasteiger partial charge in [-0.3, -0.25) is 4.79 Å². The number of rotatable bonds is 4. The van der Waals surface area contributed by atoms with Crippen molar-refractivity contribution in [3.05, 3.63) is 0 Å². The summed E-state index contributed by atoms with van der Waals surface area (Å²) < 4.78 is 86.6. The third-order valence-electron chi connectivity index (χ3n) is 1.31. The van der Waals surface area contributed by atoms with Crippen LogP contribution in [0.2, 0.25) is 0 Å². The second-order valence-electron chi connectivity index (χ2n) is 2.50. The Hall–Kier alpha value is -1.35. The number of carbonyl (C=O) groups is 2. The van der Waals surface area contributed by atoms with Crippen LogP contribution in [0.5, 0.6) is 0 Å². The number of halogens is 7. The Labute approximate surface area is 83.2 Å². The molecule has 10 heteroatoms. The maximum absolute atomic E-state index is 12.3. The van der Waals surface area contributed by atoms with E-state index in [9.17, 15) is 40.3 Å². The number of aldehydes is 1. The van der Waals surface area contributed by atoms with Crippen LogP contribution in [0.4, 0.5) is 30.7 Å². The van der Waals surface area contributed by atoms with Gasteiger partial charge in [0.1, 0.15) is 0 Å². The summed E-state index contributed by atoms with van der Waals surface area (Å²) in [6.07, 6.45) is -7.15. The average molecular weight is 256 g/mol. The highest BCUT2D eigenvalue weighted by Crippen LogP contribution is 2.46. The SMILES string of the molecule is O=CC(=O)OCC(F)(F)C(F)(F)C(F)(F)F. The molecule has 0 radical (unpaired) electrons. The van der Waals surface area contributed by atoms with Crippen LogP contribution in [0.1, 0.15) is 0 Å². The van der Waals surface area contributed by atoms with Gasteiger partial charge in [0.15, 0.2) is 6.61 Å². The van der Waals surface area contributed by atoms with Crippen LogP contribution in [-0.4, -0.2) is 36.9 Å². The molecule has 0 N–H and O–H groups in total. The van der Waals surface area contributed by atoms with Crippen LogP contribution >= 0.6 is 0 Å². The summed E-state index contributed by atoms with van der Waals surface area (Å²) in [5, 5.41) is 0. The molecule has 0 aromatic carbocycles. The first-order valence-electron chi connectivity index (χ1n) is 3.40. The lowest BCUT2D eigenvalue weighted by Gasteiger charge is -2.27. The fraction of sp³-hybridized carbons (Fsp3) is 0.667. The maximum Gasteiger partial charge on any atom is 0.460 e. The molecule has 0 aliphatic rings. The Bertz CT molecular complexity index is 282. The smallest absolute Gasteiger partial charge is 0.453 e. The summed E-state index contributed by atoms with van der Waals surface area (Å²) in [6, 6.07) is 0. The molecule has 0 aliphatic heterocycles. The number of alkyl halides is 7. The zero-order valence-corrected chi connectivity index (χ0v) is 7.15. The van der Waals surface area contributed by atoms with Gasteiger partial charge < -0.3 is 4.74 Å². The van der Waals surface area contributed by atoms with Gasteiger partial charge in [0.25, 0.3) is 0 Å². The summed E-state index contributed by atoms with van der Waals surface area (Å²) in [5.74, 6) is -14.0. The van der Waals surface area contributed by atoms with E-state index < -0.39 is 36.9 Å².